The Kier molecular flexibility index (Phi) is 5.88. The van der Waals surface area contributed by atoms with Gasteiger partial charge in [0, 0.05) is 11.6 Å². The minimum atomic E-state index is -0.444. The van der Waals surface area contributed by atoms with Gasteiger partial charge in [0.15, 0.2) is 11.4 Å². The third-order valence-corrected chi connectivity index (χ3v) is 4.33. The van der Waals surface area contributed by atoms with E-state index in [1.54, 1.807) is 13.2 Å². The third-order valence-electron chi connectivity index (χ3n) is 4.14. The fraction of sp³-hybridized carbons (Fsp3) is 0.200. The van der Waals surface area contributed by atoms with E-state index in [0.717, 1.165) is 11.3 Å². The lowest BCUT2D eigenvalue weighted by Crippen LogP contribution is -2.10. The van der Waals surface area contributed by atoms with Crippen LogP contribution >= 0.6 is 11.6 Å². The van der Waals surface area contributed by atoms with Crippen molar-refractivity contribution in [2.45, 2.75) is 19.6 Å². The molecule has 0 unspecified atom stereocenters. The predicted molar refractivity (Wildman–Crippen MR) is 100 cm³/mol. The lowest BCUT2D eigenvalue weighted by Gasteiger charge is -2.18. The van der Waals surface area contributed by atoms with Gasteiger partial charge in [-0.25, -0.2) is 9.07 Å². The van der Waals surface area contributed by atoms with Gasteiger partial charge in [0.05, 0.1) is 25.5 Å². The highest BCUT2D eigenvalue weighted by molar-refractivity contribution is 6.29. The van der Waals surface area contributed by atoms with Crippen LogP contribution in [0.2, 0.25) is 5.15 Å². The van der Waals surface area contributed by atoms with Crippen LogP contribution in [-0.4, -0.2) is 23.2 Å². The van der Waals surface area contributed by atoms with Gasteiger partial charge >= 0.3 is 0 Å². The van der Waals surface area contributed by atoms with Crippen LogP contribution in [0, 0.1) is 5.82 Å². The van der Waals surface area contributed by atoms with Gasteiger partial charge in [-0.2, -0.15) is 5.10 Å². The van der Waals surface area contributed by atoms with E-state index in [1.807, 2.05) is 31.2 Å². The highest BCUT2D eigenvalue weighted by atomic mass is 35.5. The Morgan fingerprint density at radius 2 is 1.96 bits per heavy atom. The van der Waals surface area contributed by atoms with Crippen LogP contribution in [0.1, 0.15) is 34.6 Å². The number of hydrogen-bond donors (Lipinski definition) is 0. The predicted octanol–water partition coefficient (Wildman–Crippen LogP) is 4.76. The number of carbonyl (C=O) groups excluding carboxylic acids is 1. The zero-order valence-electron chi connectivity index (χ0n) is 14.9. The maximum atomic E-state index is 13.9. The SMILES string of the molecule is COc1ccc(CO[C@H](C)c2cc(F)ccc2-n2nc(Cl)cc2C=O)cc1. The van der Waals surface area contributed by atoms with Crippen LogP contribution in [0.5, 0.6) is 5.75 Å². The van der Waals surface area contributed by atoms with Gasteiger partial charge in [0.25, 0.3) is 0 Å². The molecule has 27 heavy (non-hydrogen) atoms. The Hall–Kier alpha value is -2.70. The minimum Gasteiger partial charge on any atom is -0.497 e. The molecule has 0 saturated carbocycles. The third kappa shape index (κ3) is 4.35. The van der Waals surface area contributed by atoms with Crippen molar-refractivity contribution >= 4 is 17.9 Å². The molecular weight excluding hydrogens is 371 g/mol. The summed E-state index contributed by atoms with van der Waals surface area (Å²) in [5, 5.41) is 4.30. The summed E-state index contributed by atoms with van der Waals surface area (Å²) >= 11 is 5.92. The van der Waals surface area contributed by atoms with Crippen molar-refractivity contribution in [2.75, 3.05) is 7.11 Å². The van der Waals surface area contributed by atoms with E-state index in [0.29, 0.717) is 24.1 Å². The second kappa shape index (κ2) is 8.33. The molecule has 0 N–H and O–H groups in total. The van der Waals surface area contributed by atoms with Crippen molar-refractivity contribution in [3.63, 3.8) is 0 Å². The number of nitrogens with zero attached hydrogens (tertiary/aromatic N) is 2. The largest absolute Gasteiger partial charge is 0.497 e. The quantitative estimate of drug-likeness (QED) is 0.547. The second-order valence-corrected chi connectivity index (χ2v) is 6.31. The summed E-state index contributed by atoms with van der Waals surface area (Å²) in [5.74, 6) is 0.357. The summed E-state index contributed by atoms with van der Waals surface area (Å²) in [6.07, 6.45) is 0.204. The number of benzene rings is 2. The van der Waals surface area contributed by atoms with Crippen molar-refractivity contribution in [1.82, 2.24) is 9.78 Å². The molecule has 0 bridgehead atoms. The molecule has 0 fully saturated rings. The highest BCUT2D eigenvalue weighted by Crippen LogP contribution is 2.28. The zero-order valence-corrected chi connectivity index (χ0v) is 15.6. The maximum absolute atomic E-state index is 13.9. The molecule has 0 radical (unpaired) electrons. The zero-order chi connectivity index (χ0) is 19.4. The van der Waals surface area contributed by atoms with Crippen molar-refractivity contribution in [1.29, 1.82) is 0 Å². The number of aromatic nitrogens is 2. The molecule has 1 aromatic heterocycles. The van der Waals surface area contributed by atoms with Crippen LogP contribution in [0.4, 0.5) is 4.39 Å². The molecule has 5 nitrogen and oxygen atoms in total. The van der Waals surface area contributed by atoms with Crippen molar-refractivity contribution < 1.29 is 18.7 Å². The number of aldehydes is 1. The molecule has 3 aromatic rings. The molecular formula is C20H18ClFN2O3. The number of halogens is 2. The van der Waals surface area contributed by atoms with E-state index in [9.17, 15) is 9.18 Å². The standard InChI is InChI=1S/C20H18ClFN2O3/c1-13(27-12-14-3-6-17(26-2)7-4-14)18-9-15(22)5-8-19(18)24-16(11-25)10-20(21)23-24/h3-11,13H,12H2,1-2H3/t13-/m1/s1. The topological polar surface area (TPSA) is 53.4 Å². The summed E-state index contributed by atoms with van der Waals surface area (Å²) in [6.45, 7) is 2.15. The molecule has 0 aliphatic heterocycles. The molecule has 3 rings (SSSR count). The maximum Gasteiger partial charge on any atom is 0.168 e. The van der Waals surface area contributed by atoms with Crippen LogP contribution in [0.3, 0.4) is 0 Å². The van der Waals surface area contributed by atoms with E-state index in [2.05, 4.69) is 5.10 Å². The molecule has 140 valence electrons. The second-order valence-electron chi connectivity index (χ2n) is 5.93. The van der Waals surface area contributed by atoms with Gasteiger partial charge in [0.1, 0.15) is 17.3 Å². The van der Waals surface area contributed by atoms with E-state index in [4.69, 9.17) is 21.1 Å². The molecule has 0 amide bonds. The molecule has 1 heterocycles. The highest BCUT2D eigenvalue weighted by Gasteiger charge is 2.17. The summed E-state index contributed by atoms with van der Waals surface area (Å²) in [4.78, 5) is 11.3. The Balaban J connectivity index is 1.86. The fourth-order valence-electron chi connectivity index (χ4n) is 2.72. The average Bonchev–Trinajstić information content (AvgIpc) is 3.07. The molecule has 0 spiro atoms. The Bertz CT molecular complexity index is 941. The Labute approximate surface area is 161 Å². The minimum absolute atomic E-state index is 0.180. The Morgan fingerprint density at radius 1 is 1.22 bits per heavy atom. The molecule has 1 atom stereocenters. The van der Waals surface area contributed by atoms with E-state index in [1.165, 1.54) is 22.9 Å². The molecule has 0 saturated heterocycles. The van der Waals surface area contributed by atoms with Gasteiger partial charge in [-0.1, -0.05) is 23.7 Å². The van der Waals surface area contributed by atoms with Crippen molar-refractivity contribution in [2.24, 2.45) is 0 Å². The Morgan fingerprint density at radius 3 is 2.63 bits per heavy atom. The molecule has 0 aliphatic carbocycles. The van der Waals surface area contributed by atoms with Gasteiger partial charge in [0.2, 0.25) is 0 Å². The van der Waals surface area contributed by atoms with Gasteiger partial charge in [-0.05, 0) is 42.8 Å². The lowest BCUT2D eigenvalue weighted by atomic mass is 10.1. The lowest BCUT2D eigenvalue weighted by molar-refractivity contribution is 0.0522. The van der Waals surface area contributed by atoms with Gasteiger partial charge in [-0.3, -0.25) is 4.79 Å². The van der Waals surface area contributed by atoms with Crippen LogP contribution < -0.4 is 4.74 Å². The summed E-state index contributed by atoms with van der Waals surface area (Å²) in [7, 11) is 1.61. The first-order valence-electron chi connectivity index (χ1n) is 8.27. The van der Waals surface area contributed by atoms with Crippen LogP contribution in [0.25, 0.3) is 5.69 Å². The number of methoxy groups -OCH3 is 1. The van der Waals surface area contributed by atoms with E-state index >= 15 is 0 Å². The normalized spacial score (nSPS) is 12.0. The van der Waals surface area contributed by atoms with Crippen molar-refractivity contribution in [3.05, 3.63) is 76.3 Å². The average molecular weight is 389 g/mol. The first-order chi connectivity index (χ1) is 13.0. The van der Waals surface area contributed by atoms with Gasteiger partial charge < -0.3 is 9.47 Å². The summed E-state index contributed by atoms with van der Waals surface area (Å²) < 4.78 is 26.3. The molecule has 2 aromatic carbocycles. The number of rotatable bonds is 7. The number of hydrogen-bond acceptors (Lipinski definition) is 4. The van der Waals surface area contributed by atoms with E-state index < -0.39 is 11.9 Å². The summed E-state index contributed by atoms with van der Waals surface area (Å²) in [5.41, 5.74) is 2.32. The first kappa shape index (κ1) is 19.1. The van der Waals surface area contributed by atoms with E-state index in [-0.39, 0.29) is 10.8 Å². The van der Waals surface area contributed by atoms with Crippen LogP contribution in [0.15, 0.2) is 48.5 Å². The number of ether oxygens (including phenoxy) is 2. The molecule has 7 heteroatoms. The number of carbonyl (C=O) groups is 1. The first-order valence-corrected chi connectivity index (χ1v) is 8.64. The molecule has 0 aliphatic rings. The van der Waals surface area contributed by atoms with Crippen LogP contribution in [-0.2, 0) is 11.3 Å². The van der Waals surface area contributed by atoms with Gasteiger partial charge in [-0.15, -0.1) is 0 Å². The monoisotopic (exact) mass is 388 g/mol. The fourth-order valence-corrected chi connectivity index (χ4v) is 2.91. The van der Waals surface area contributed by atoms with Crippen molar-refractivity contribution in [3.8, 4) is 11.4 Å². The summed E-state index contributed by atoms with van der Waals surface area (Å²) in [6, 6.07) is 13.2. The smallest absolute Gasteiger partial charge is 0.168 e.